The van der Waals surface area contributed by atoms with Gasteiger partial charge in [-0.2, -0.15) is 0 Å². The Labute approximate surface area is 135 Å². The summed E-state index contributed by atoms with van der Waals surface area (Å²) in [7, 11) is 3.16. The lowest BCUT2D eigenvalue weighted by atomic mass is 10.0. The van der Waals surface area contributed by atoms with Crippen LogP contribution in [0.3, 0.4) is 0 Å². The molecule has 0 atom stereocenters. The van der Waals surface area contributed by atoms with Gasteiger partial charge in [0.2, 0.25) is 0 Å². The van der Waals surface area contributed by atoms with E-state index in [-0.39, 0.29) is 5.91 Å². The Balaban J connectivity index is 2.20. The maximum absolute atomic E-state index is 12.8. The van der Waals surface area contributed by atoms with Crippen LogP contribution in [-0.2, 0) is 6.54 Å². The molecule has 6 nitrogen and oxygen atoms in total. The number of pyridine rings is 1. The smallest absolute Gasteiger partial charge is 0.256 e. The van der Waals surface area contributed by atoms with Crippen molar-refractivity contribution in [2.75, 3.05) is 27.3 Å². The number of likely N-dealkylation sites (tertiary alicyclic amines) is 1. The van der Waals surface area contributed by atoms with Crippen molar-refractivity contribution < 1.29 is 14.3 Å². The number of fused-ring (bicyclic) bond motifs is 1. The molecule has 1 aliphatic heterocycles. The van der Waals surface area contributed by atoms with Crippen LogP contribution in [-0.4, -0.2) is 43.1 Å². The van der Waals surface area contributed by atoms with Crippen LogP contribution in [0.5, 0.6) is 11.5 Å². The summed E-state index contributed by atoms with van der Waals surface area (Å²) < 4.78 is 10.7. The second kappa shape index (κ2) is 6.42. The summed E-state index contributed by atoms with van der Waals surface area (Å²) in [5, 5.41) is 1.63. The quantitative estimate of drug-likeness (QED) is 0.933. The van der Waals surface area contributed by atoms with Gasteiger partial charge in [-0.1, -0.05) is 0 Å². The molecule has 0 spiro atoms. The fraction of sp³-hybridized carbons (Fsp3) is 0.412. The van der Waals surface area contributed by atoms with E-state index >= 15 is 0 Å². The lowest BCUT2D eigenvalue weighted by molar-refractivity contribution is 0.0794. The van der Waals surface area contributed by atoms with E-state index in [1.165, 1.54) is 0 Å². The van der Waals surface area contributed by atoms with Crippen LogP contribution in [0.15, 0.2) is 18.3 Å². The molecule has 2 N–H and O–H groups in total. The molecule has 2 heterocycles. The molecule has 1 aromatic heterocycles. The number of methoxy groups -OCH3 is 2. The van der Waals surface area contributed by atoms with Crippen molar-refractivity contribution in [1.82, 2.24) is 9.88 Å². The first-order chi connectivity index (χ1) is 11.2. The molecular weight excluding hydrogens is 294 g/mol. The molecule has 2 aromatic rings. The molecule has 0 saturated carbocycles. The minimum Gasteiger partial charge on any atom is -0.493 e. The van der Waals surface area contributed by atoms with Crippen molar-refractivity contribution in [3.8, 4) is 11.5 Å². The number of ether oxygens (including phenoxy) is 2. The van der Waals surface area contributed by atoms with Gasteiger partial charge < -0.3 is 20.1 Å². The normalized spacial score (nSPS) is 14.3. The van der Waals surface area contributed by atoms with Gasteiger partial charge in [0.1, 0.15) is 0 Å². The topological polar surface area (TPSA) is 77.7 Å². The average Bonchev–Trinajstić information content (AvgIpc) is 3.13. The van der Waals surface area contributed by atoms with Gasteiger partial charge >= 0.3 is 0 Å². The van der Waals surface area contributed by atoms with Gasteiger partial charge in [0.15, 0.2) is 11.5 Å². The van der Waals surface area contributed by atoms with Crippen LogP contribution < -0.4 is 15.2 Å². The minimum atomic E-state index is 0.00999. The lowest BCUT2D eigenvalue weighted by Gasteiger charge is -2.18. The molecule has 0 radical (unpaired) electrons. The van der Waals surface area contributed by atoms with Crippen molar-refractivity contribution in [3.05, 3.63) is 29.6 Å². The summed E-state index contributed by atoms with van der Waals surface area (Å²) in [6.45, 7) is 1.89. The first kappa shape index (κ1) is 15.6. The molecule has 1 amide bonds. The Morgan fingerprint density at radius 3 is 2.35 bits per heavy atom. The molecule has 23 heavy (non-hydrogen) atoms. The van der Waals surface area contributed by atoms with E-state index in [4.69, 9.17) is 15.2 Å². The number of carbonyl (C=O) groups excluding carboxylic acids is 1. The Hall–Kier alpha value is -2.34. The highest BCUT2D eigenvalue weighted by molar-refractivity contribution is 6.08. The van der Waals surface area contributed by atoms with E-state index in [1.54, 1.807) is 20.4 Å². The third kappa shape index (κ3) is 2.70. The molecule has 0 unspecified atom stereocenters. The second-order valence-electron chi connectivity index (χ2n) is 5.57. The number of carbonyl (C=O) groups is 1. The highest BCUT2D eigenvalue weighted by atomic mass is 16.5. The lowest BCUT2D eigenvalue weighted by Crippen LogP contribution is -2.28. The van der Waals surface area contributed by atoms with Crippen LogP contribution in [0.4, 0.5) is 0 Å². The van der Waals surface area contributed by atoms with Gasteiger partial charge in [-0.3, -0.25) is 9.78 Å². The number of aromatic nitrogens is 1. The van der Waals surface area contributed by atoms with Gasteiger partial charge in [0.05, 0.1) is 25.5 Å². The fourth-order valence-corrected chi connectivity index (χ4v) is 3.05. The molecular formula is C17H21N3O3. The zero-order valence-corrected chi connectivity index (χ0v) is 13.5. The molecule has 0 aliphatic carbocycles. The van der Waals surface area contributed by atoms with E-state index in [1.807, 2.05) is 17.0 Å². The number of rotatable bonds is 4. The van der Waals surface area contributed by atoms with Crippen LogP contribution in [0.1, 0.15) is 28.9 Å². The maximum atomic E-state index is 12.8. The van der Waals surface area contributed by atoms with Gasteiger partial charge in [-0.05, 0) is 25.0 Å². The molecule has 0 bridgehead atoms. The van der Waals surface area contributed by atoms with Crippen molar-refractivity contribution in [3.63, 3.8) is 0 Å². The zero-order chi connectivity index (χ0) is 16.4. The van der Waals surface area contributed by atoms with E-state index in [0.29, 0.717) is 23.6 Å². The maximum Gasteiger partial charge on any atom is 0.256 e. The SMILES string of the molecule is COc1cc2c(C(=O)N3CCCC3)cnc(CN)c2cc1OC. The summed E-state index contributed by atoms with van der Waals surface area (Å²) in [5.74, 6) is 1.20. The van der Waals surface area contributed by atoms with Gasteiger partial charge in [-0.25, -0.2) is 0 Å². The Kier molecular flexibility index (Phi) is 4.34. The minimum absolute atomic E-state index is 0.00999. The summed E-state index contributed by atoms with van der Waals surface area (Å²) in [5.41, 5.74) is 7.11. The highest BCUT2D eigenvalue weighted by Crippen LogP contribution is 2.35. The summed E-state index contributed by atoms with van der Waals surface area (Å²) in [6, 6.07) is 3.67. The highest BCUT2D eigenvalue weighted by Gasteiger charge is 2.23. The molecule has 3 rings (SSSR count). The first-order valence-electron chi connectivity index (χ1n) is 7.72. The van der Waals surface area contributed by atoms with E-state index in [0.717, 1.165) is 42.4 Å². The number of hydrogen-bond acceptors (Lipinski definition) is 5. The monoisotopic (exact) mass is 315 g/mol. The summed E-state index contributed by atoms with van der Waals surface area (Å²) >= 11 is 0. The number of benzene rings is 1. The van der Waals surface area contributed by atoms with Crippen molar-refractivity contribution in [1.29, 1.82) is 0 Å². The zero-order valence-electron chi connectivity index (χ0n) is 13.5. The number of amides is 1. The molecule has 1 fully saturated rings. The van der Waals surface area contributed by atoms with Gasteiger partial charge in [-0.15, -0.1) is 0 Å². The standard InChI is InChI=1S/C17H21N3O3/c1-22-15-7-11-12(8-16(15)23-2)14(9-18)19-10-13(11)17(21)20-5-3-4-6-20/h7-8,10H,3-6,9,18H2,1-2H3. The number of nitrogens with zero attached hydrogens (tertiary/aromatic N) is 2. The van der Waals surface area contributed by atoms with Crippen LogP contribution in [0.25, 0.3) is 10.8 Å². The van der Waals surface area contributed by atoms with Crippen molar-refractivity contribution in [2.24, 2.45) is 5.73 Å². The van der Waals surface area contributed by atoms with E-state index in [9.17, 15) is 4.79 Å². The summed E-state index contributed by atoms with van der Waals surface area (Å²) in [4.78, 5) is 19.0. The molecule has 1 aromatic carbocycles. The Morgan fingerprint density at radius 2 is 1.78 bits per heavy atom. The van der Waals surface area contributed by atoms with Crippen molar-refractivity contribution in [2.45, 2.75) is 19.4 Å². The van der Waals surface area contributed by atoms with Crippen LogP contribution in [0.2, 0.25) is 0 Å². The average molecular weight is 315 g/mol. The number of nitrogens with two attached hydrogens (primary N) is 1. The van der Waals surface area contributed by atoms with Crippen LogP contribution in [0, 0.1) is 0 Å². The molecule has 6 heteroatoms. The van der Waals surface area contributed by atoms with Crippen molar-refractivity contribution >= 4 is 16.7 Å². The molecule has 1 aliphatic rings. The predicted molar refractivity (Wildman–Crippen MR) is 87.9 cm³/mol. The predicted octanol–water partition coefficient (Wildman–Crippen LogP) is 1.95. The summed E-state index contributed by atoms with van der Waals surface area (Å²) in [6.07, 6.45) is 3.72. The first-order valence-corrected chi connectivity index (χ1v) is 7.72. The van der Waals surface area contributed by atoms with E-state index < -0.39 is 0 Å². The molecule has 1 saturated heterocycles. The largest absolute Gasteiger partial charge is 0.493 e. The van der Waals surface area contributed by atoms with Gasteiger partial charge in [0.25, 0.3) is 5.91 Å². The van der Waals surface area contributed by atoms with E-state index in [2.05, 4.69) is 4.98 Å². The van der Waals surface area contributed by atoms with Crippen LogP contribution >= 0.6 is 0 Å². The van der Waals surface area contributed by atoms with Gasteiger partial charge in [0, 0.05) is 36.6 Å². The fourth-order valence-electron chi connectivity index (χ4n) is 3.05. The third-order valence-corrected chi connectivity index (χ3v) is 4.29. The second-order valence-corrected chi connectivity index (χ2v) is 5.57. The Morgan fingerprint density at radius 1 is 1.17 bits per heavy atom. The Bertz CT molecular complexity index is 739. The third-order valence-electron chi connectivity index (χ3n) is 4.29. The molecule has 122 valence electrons. The number of hydrogen-bond donors (Lipinski definition) is 1.